The van der Waals surface area contributed by atoms with Crippen LogP contribution in [0, 0.1) is 0 Å². The first-order chi connectivity index (χ1) is 18.1. The van der Waals surface area contributed by atoms with Crippen LogP contribution in [0.15, 0.2) is 42.5 Å². The number of aryl methyl sites for hydroxylation is 1. The van der Waals surface area contributed by atoms with Gasteiger partial charge in [0.1, 0.15) is 0 Å². The molecule has 0 atom stereocenters. The van der Waals surface area contributed by atoms with Gasteiger partial charge in [0.15, 0.2) is 5.78 Å². The second-order valence-corrected chi connectivity index (χ2v) is 8.30. The molecule has 204 valence electrons. The molecule has 0 aliphatic carbocycles. The van der Waals surface area contributed by atoms with Gasteiger partial charge in [0.05, 0.1) is 32.4 Å². The highest BCUT2D eigenvalue weighted by molar-refractivity contribution is 5.98. The molecule has 0 radical (unpaired) electrons. The summed E-state index contributed by atoms with van der Waals surface area (Å²) < 4.78 is 49.5. The van der Waals surface area contributed by atoms with Gasteiger partial charge in [-0.25, -0.2) is 0 Å². The minimum absolute atomic E-state index is 0.105. The summed E-state index contributed by atoms with van der Waals surface area (Å²) in [4.78, 5) is 24.8. The lowest BCUT2D eigenvalue weighted by Gasteiger charge is -2.13. The van der Waals surface area contributed by atoms with Crippen molar-refractivity contribution < 1.29 is 32.2 Å². The van der Waals surface area contributed by atoms with E-state index >= 15 is 0 Å². The molecule has 3 aromatic rings. The van der Waals surface area contributed by atoms with Crippen molar-refractivity contribution in [3.63, 3.8) is 0 Å². The van der Waals surface area contributed by atoms with Gasteiger partial charge in [-0.2, -0.15) is 18.0 Å². The Labute approximate surface area is 217 Å². The molecule has 0 unspecified atom stereocenters. The molecule has 10 nitrogen and oxygen atoms in total. The number of tetrazole rings is 1. The number of alkyl halides is 3. The molecule has 2 N–H and O–H groups in total. The summed E-state index contributed by atoms with van der Waals surface area (Å²) in [5.74, 6) is 0.0458. The summed E-state index contributed by atoms with van der Waals surface area (Å²) in [6.45, 7) is 3.42. The maximum atomic E-state index is 12.9. The van der Waals surface area contributed by atoms with E-state index in [2.05, 4.69) is 26.0 Å². The minimum Gasteiger partial charge on any atom is -0.379 e. The number of ketones is 1. The van der Waals surface area contributed by atoms with E-state index < -0.39 is 11.7 Å². The number of nitrogens with zero attached hydrogens (tertiary/aromatic N) is 4. The smallest absolute Gasteiger partial charge is 0.379 e. The van der Waals surface area contributed by atoms with Crippen molar-refractivity contribution in [1.29, 1.82) is 0 Å². The van der Waals surface area contributed by atoms with Crippen molar-refractivity contribution in [3.05, 3.63) is 53.6 Å². The maximum absolute atomic E-state index is 12.9. The predicted octanol–water partition coefficient (Wildman–Crippen LogP) is 3.77. The molecule has 0 saturated heterocycles. The molecule has 0 saturated carbocycles. The zero-order valence-corrected chi connectivity index (χ0v) is 21.0. The Morgan fingerprint density at radius 1 is 1.00 bits per heavy atom. The molecular formula is C25H29F3N6O4. The highest BCUT2D eigenvalue weighted by Gasteiger charge is 2.30. The number of amides is 1. The van der Waals surface area contributed by atoms with E-state index in [4.69, 9.17) is 9.47 Å². The van der Waals surface area contributed by atoms with Crippen molar-refractivity contribution >= 4 is 23.1 Å². The topological polar surface area (TPSA) is 120 Å². The molecule has 1 aromatic heterocycles. The Morgan fingerprint density at radius 3 is 2.34 bits per heavy atom. The number of rotatable bonds is 14. The Morgan fingerprint density at radius 2 is 1.71 bits per heavy atom. The van der Waals surface area contributed by atoms with E-state index in [0.717, 1.165) is 12.1 Å². The van der Waals surface area contributed by atoms with Crippen LogP contribution in [0.3, 0.4) is 0 Å². The van der Waals surface area contributed by atoms with Gasteiger partial charge in [0.2, 0.25) is 11.7 Å². The zero-order valence-electron chi connectivity index (χ0n) is 21.0. The molecule has 13 heteroatoms. The first-order valence-corrected chi connectivity index (χ1v) is 11.9. The number of anilines is 2. The van der Waals surface area contributed by atoms with Gasteiger partial charge in [-0.05, 0) is 54.1 Å². The molecule has 0 bridgehead atoms. The first-order valence-electron chi connectivity index (χ1n) is 11.9. The fraction of sp³-hybridized carbons (Fsp3) is 0.400. The summed E-state index contributed by atoms with van der Waals surface area (Å²) >= 11 is 0. The lowest BCUT2D eigenvalue weighted by molar-refractivity contribution is -0.137. The molecule has 1 heterocycles. The standard InChI is InChI=1S/C25H29F3N6O4/c1-17(35)29-11-13-38-15-14-37-12-3-4-23(36)18-5-10-22(21(16-18)24-31-33-34(2)32-24)30-20-8-6-19(7-9-20)25(26,27)28/h5-10,16,30H,3-4,11-15H2,1-2H3,(H,29,35). The molecule has 0 fully saturated rings. The van der Waals surface area contributed by atoms with E-state index in [1.54, 1.807) is 25.2 Å². The van der Waals surface area contributed by atoms with Gasteiger partial charge in [-0.1, -0.05) is 0 Å². The Hall–Kier alpha value is -3.84. The minimum atomic E-state index is -4.43. The van der Waals surface area contributed by atoms with Crippen molar-refractivity contribution in [2.45, 2.75) is 25.9 Å². The fourth-order valence-corrected chi connectivity index (χ4v) is 3.40. The summed E-state index contributed by atoms with van der Waals surface area (Å²) in [7, 11) is 1.60. The van der Waals surface area contributed by atoms with Crippen LogP contribution >= 0.6 is 0 Å². The van der Waals surface area contributed by atoms with Crippen molar-refractivity contribution in [3.8, 4) is 11.4 Å². The fourth-order valence-electron chi connectivity index (χ4n) is 3.40. The van der Waals surface area contributed by atoms with Crippen LogP contribution in [0.25, 0.3) is 11.4 Å². The maximum Gasteiger partial charge on any atom is 0.416 e. The van der Waals surface area contributed by atoms with Gasteiger partial charge in [0.25, 0.3) is 0 Å². The lowest BCUT2D eigenvalue weighted by atomic mass is 10.0. The Bertz CT molecular complexity index is 1210. The van der Waals surface area contributed by atoms with Crippen LogP contribution in [-0.4, -0.2) is 64.9 Å². The first kappa shape index (κ1) is 28.7. The molecule has 3 rings (SSSR count). The normalized spacial score (nSPS) is 11.4. The second kappa shape index (κ2) is 13.6. The molecule has 2 aromatic carbocycles. The van der Waals surface area contributed by atoms with Crippen LogP contribution in [-0.2, 0) is 27.5 Å². The lowest BCUT2D eigenvalue weighted by Crippen LogP contribution is -2.24. The summed E-state index contributed by atoms with van der Waals surface area (Å²) in [5, 5.41) is 17.7. The Balaban J connectivity index is 1.57. The van der Waals surface area contributed by atoms with Gasteiger partial charge >= 0.3 is 6.18 Å². The highest BCUT2D eigenvalue weighted by Crippen LogP contribution is 2.32. The van der Waals surface area contributed by atoms with Crippen LogP contribution in [0.2, 0.25) is 0 Å². The average Bonchev–Trinajstić information content (AvgIpc) is 3.31. The quantitative estimate of drug-likeness (QED) is 0.237. The van der Waals surface area contributed by atoms with Gasteiger partial charge < -0.3 is 20.1 Å². The molecule has 0 aliphatic heterocycles. The van der Waals surface area contributed by atoms with E-state index in [1.807, 2.05) is 0 Å². The zero-order chi connectivity index (χ0) is 27.5. The predicted molar refractivity (Wildman–Crippen MR) is 133 cm³/mol. The molecule has 0 spiro atoms. The average molecular weight is 535 g/mol. The van der Waals surface area contributed by atoms with E-state index in [1.165, 1.54) is 23.9 Å². The number of hydrogen-bond acceptors (Lipinski definition) is 8. The largest absolute Gasteiger partial charge is 0.416 e. The van der Waals surface area contributed by atoms with Gasteiger partial charge in [0, 0.05) is 49.0 Å². The molecule has 1 amide bonds. The third kappa shape index (κ3) is 8.92. The van der Waals surface area contributed by atoms with Crippen LogP contribution in [0.4, 0.5) is 24.5 Å². The van der Waals surface area contributed by atoms with Crippen LogP contribution in [0.1, 0.15) is 35.7 Å². The van der Waals surface area contributed by atoms with Crippen LogP contribution in [0.5, 0.6) is 0 Å². The summed E-state index contributed by atoms with van der Waals surface area (Å²) in [6, 6.07) is 9.55. The molecular weight excluding hydrogens is 505 g/mol. The number of nitrogens with one attached hydrogen (secondary N) is 2. The Kier molecular flexibility index (Phi) is 10.3. The number of halogens is 3. The number of carbonyl (C=O) groups is 2. The van der Waals surface area contributed by atoms with Gasteiger partial charge in [-0.3, -0.25) is 9.59 Å². The number of Topliss-reactive ketones (excluding diaryl/α,β-unsaturated/α-hetero) is 1. The number of carbonyl (C=O) groups excluding carboxylic acids is 2. The van der Waals surface area contributed by atoms with E-state index in [-0.39, 0.29) is 23.9 Å². The third-order valence-corrected chi connectivity index (χ3v) is 5.27. The van der Waals surface area contributed by atoms with E-state index in [9.17, 15) is 22.8 Å². The second-order valence-electron chi connectivity index (χ2n) is 8.30. The molecule has 38 heavy (non-hydrogen) atoms. The van der Waals surface area contributed by atoms with E-state index in [0.29, 0.717) is 61.9 Å². The van der Waals surface area contributed by atoms with Crippen LogP contribution < -0.4 is 10.6 Å². The van der Waals surface area contributed by atoms with Crippen molar-refractivity contribution in [2.75, 3.05) is 38.3 Å². The summed E-state index contributed by atoms with van der Waals surface area (Å²) in [5.41, 5.74) is 1.11. The van der Waals surface area contributed by atoms with Crippen molar-refractivity contribution in [2.24, 2.45) is 7.05 Å². The number of hydrogen-bond donors (Lipinski definition) is 2. The number of benzene rings is 2. The third-order valence-electron chi connectivity index (χ3n) is 5.27. The number of ether oxygens (including phenoxy) is 2. The monoisotopic (exact) mass is 534 g/mol. The number of aromatic nitrogens is 4. The SMILES string of the molecule is CC(=O)NCCOCCOCCCC(=O)c1ccc(Nc2ccc(C(F)(F)F)cc2)c(-c2nnn(C)n2)c1. The summed E-state index contributed by atoms with van der Waals surface area (Å²) in [6.07, 6.45) is -3.67. The molecule has 0 aliphatic rings. The highest BCUT2D eigenvalue weighted by atomic mass is 19.4. The van der Waals surface area contributed by atoms with Gasteiger partial charge in [-0.15, -0.1) is 10.2 Å². The van der Waals surface area contributed by atoms with Crippen molar-refractivity contribution in [1.82, 2.24) is 25.5 Å².